The van der Waals surface area contributed by atoms with E-state index >= 15 is 4.79 Å². The second-order valence-electron chi connectivity index (χ2n) is 21.2. The molecule has 0 radical (unpaired) electrons. The monoisotopic (exact) mass is 961 g/mol. The molecule has 3 fully saturated rings. The number of methoxy groups -OCH3 is 1. The predicted molar refractivity (Wildman–Crippen MR) is 262 cm³/mol. The number of aromatic hydroxyl groups is 1. The number of aromatic nitrogens is 1. The van der Waals surface area contributed by atoms with Crippen LogP contribution in [0.4, 0.5) is 0 Å². The van der Waals surface area contributed by atoms with Gasteiger partial charge in [-0.1, -0.05) is 49.5 Å². The second-order valence-corrected chi connectivity index (χ2v) is 21.2. The zero-order valence-electron chi connectivity index (χ0n) is 39.8. The Morgan fingerprint density at radius 3 is 2.73 bits per heavy atom. The highest BCUT2D eigenvalue weighted by atomic mass is 16.7. The Morgan fingerprint density at radius 2 is 1.89 bits per heavy atom. The smallest absolute Gasteiger partial charge is 0.254 e. The van der Waals surface area contributed by atoms with Crippen molar-refractivity contribution in [2.45, 2.75) is 138 Å². The molecule has 1 aromatic heterocycles. The van der Waals surface area contributed by atoms with Gasteiger partial charge in [0.05, 0.1) is 43.4 Å². The van der Waals surface area contributed by atoms with Crippen molar-refractivity contribution in [2.24, 2.45) is 5.92 Å². The third-order valence-corrected chi connectivity index (χ3v) is 17.4. The van der Waals surface area contributed by atoms with E-state index in [9.17, 15) is 25.2 Å². The molecule has 5 heterocycles. The molecule has 4 aliphatic carbocycles. The summed E-state index contributed by atoms with van der Waals surface area (Å²) in [5.41, 5.74) is 5.68. The van der Waals surface area contributed by atoms with E-state index in [0.717, 1.165) is 87.3 Å². The maximum atomic E-state index is 15.4. The molecule has 14 heteroatoms. The van der Waals surface area contributed by atoms with Gasteiger partial charge < -0.3 is 59.3 Å². The van der Waals surface area contributed by atoms with E-state index < -0.39 is 42.9 Å². The summed E-state index contributed by atoms with van der Waals surface area (Å²) in [5.74, 6) is 3.04. The Labute approximate surface area is 411 Å². The number of amides is 1. The number of ketones is 1. The average Bonchev–Trinajstić information content (AvgIpc) is 4.22. The quantitative estimate of drug-likeness (QED) is 0.0949. The lowest BCUT2D eigenvalue weighted by atomic mass is 9.64. The molecule has 368 valence electrons. The highest BCUT2D eigenvalue weighted by Crippen LogP contribution is 2.62. The van der Waals surface area contributed by atoms with Crippen molar-refractivity contribution in [2.75, 3.05) is 26.9 Å². The van der Waals surface area contributed by atoms with Crippen LogP contribution in [0.15, 0.2) is 48.7 Å². The molecule has 9 atom stereocenters. The Morgan fingerprint density at radius 1 is 1.01 bits per heavy atom. The van der Waals surface area contributed by atoms with Crippen LogP contribution in [0.5, 0.6) is 17.2 Å². The molecule has 13 rings (SSSR count). The van der Waals surface area contributed by atoms with E-state index in [-0.39, 0.29) is 72.1 Å². The van der Waals surface area contributed by atoms with Gasteiger partial charge in [-0.15, -0.1) is 0 Å². The first-order valence-electron chi connectivity index (χ1n) is 25.6. The van der Waals surface area contributed by atoms with E-state index in [2.05, 4.69) is 40.5 Å². The summed E-state index contributed by atoms with van der Waals surface area (Å²) in [7, 11) is 1.60. The molecule has 8 bridgehead atoms. The number of hydrogen-bond donors (Lipinski definition) is 6. The van der Waals surface area contributed by atoms with Crippen molar-refractivity contribution < 1.29 is 53.7 Å². The first-order chi connectivity index (χ1) is 34.6. The van der Waals surface area contributed by atoms with Crippen molar-refractivity contribution >= 4 is 39.4 Å². The summed E-state index contributed by atoms with van der Waals surface area (Å²) >= 11 is 0. The van der Waals surface area contributed by atoms with Crippen molar-refractivity contribution in [3.63, 3.8) is 0 Å². The number of rotatable bonds is 6. The number of aliphatic hydroxyl groups is 3. The molecule has 6 N–H and O–H groups in total. The number of ether oxygens (including phenoxy) is 5. The fourth-order valence-electron chi connectivity index (χ4n) is 13.9. The molecular weight excluding hydrogens is 903 g/mol. The lowest BCUT2D eigenvalue weighted by Gasteiger charge is -2.48. The second kappa shape index (κ2) is 17.4. The fraction of sp³-hybridized carbons (Fsp3) is 0.474. The minimum Gasteiger partial charge on any atom is -0.506 e. The number of aromatic amines is 1. The molecule has 2 saturated carbocycles. The number of carbonyl (C=O) groups excluding carboxylic acids is 2. The molecule has 71 heavy (non-hydrogen) atoms. The number of Topliss-reactive ketones (excluding diaryl/α,β-unsaturated/α-hetero) is 1. The SMILES string of the molecule is COc1c2c3c4c(O)c(c5c6c4c1CCC6CC1CCCC51)C(=O)CN1Cc4c(cccc4C1=O)CC#COC1C(O)C(COC(c4c[nH]c5ccc(CNC6CCCC6)cc45)C=C2)OC(O3)C1(O)CO. The van der Waals surface area contributed by atoms with Crippen molar-refractivity contribution in [3.05, 3.63) is 104 Å². The number of nitrogens with one attached hydrogen (secondary N) is 2. The van der Waals surface area contributed by atoms with Crippen LogP contribution in [-0.2, 0) is 40.1 Å². The first-order valence-corrected chi connectivity index (χ1v) is 25.6. The van der Waals surface area contributed by atoms with E-state index in [1.807, 2.05) is 24.4 Å². The largest absolute Gasteiger partial charge is 0.506 e. The molecule has 1 amide bonds. The molecule has 5 aromatic rings. The van der Waals surface area contributed by atoms with Gasteiger partial charge in [0.25, 0.3) is 5.91 Å². The third kappa shape index (κ3) is 7.06. The summed E-state index contributed by atoms with van der Waals surface area (Å²) in [6.07, 6.45) is 11.7. The number of fused-ring (bicyclic) bond motifs is 8. The van der Waals surface area contributed by atoms with Gasteiger partial charge in [0, 0.05) is 59.3 Å². The highest BCUT2D eigenvalue weighted by molar-refractivity contribution is 6.14. The number of benzene rings is 4. The third-order valence-electron chi connectivity index (χ3n) is 17.4. The number of nitrogens with zero attached hydrogens (tertiary/aromatic N) is 1. The zero-order chi connectivity index (χ0) is 48.3. The van der Waals surface area contributed by atoms with Crippen LogP contribution in [0.25, 0.3) is 27.8 Å². The summed E-state index contributed by atoms with van der Waals surface area (Å²) in [5, 5.41) is 55.2. The zero-order valence-corrected chi connectivity index (χ0v) is 39.8. The molecule has 0 spiro atoms. The number of phenols is 1. The van der Waals surface area contributed by atoms with E-state index in [0.29, 0.717) is 41.8 Å². The van der Waals surface area contributed by atoms with Gasteiger partial charge in [0.15, 0.2) is 17.5 Å². The molecule has 4 aromatic carbocycles. The minimum absolute atomic E-state index is 0.0226. The Kier molecular flexibility index (Phi) is 11.0. The fourth-order valence-corrected chi connectivity index (χ4v) is 13.9. The summed E-state index contributed by atoms with van der Waals surface area (Å²) < 4.78 is 33.0. The van der Waals surface area contributed by atoms with Gasteiger partial charge in [-0.05, 0) is 120 Å². The van der Waals surface area contributed by atoms with Gasteiger partial charge in [-0.25, -0.2) is 0 Å². The van der Waals surface area contributed by atoms with Crippen LogP contribution in [0.1, 0.15) is 141 Å². The maximum absolute atomic E-state index is 15.4. The molecule has 8 aliphatic rings. The lowest BCUT2D eigenvalue weighted by molar-refractivity contribution is -0.328. The number of H-pyrrole nitrogens is 1. The Bertz CT molecular complexity index is 3130. The van der Waals surface area contributed by atoms with Crippen LogP contribution >= 0.6 is 0 Å². The van der Waals surface area contributed by atoms with E-state index in [4.69, 9.17) is 23.7 Å². The van der Waals surface area contributed by atoms with Gasteiger partial charge in [0.2, 0.25) is 6.29 Å². The first kappa shape index (κ1) is 45.0. The number of aryl methyl sites for hydroxylation is 1. The lowest BCUT2D eigenvalue weighted by Crippen LogP contribution is -2.70. The molecular formula is C57H59N3O11. The molecule has 4 aliphatic heterocycles. The minimum atomic E-state index is -2.44. The molecule has 14 nitrogen and oxygen atoms in total. The standard InChI is InChI=1S/C57H59N3O11/c1-67-52-36-16-15-32-22-31-8-5-12-34(31)46-45(32)47(36)49-51(64)48(46)42(62)26-60-25-40-30(7-4-13-35(40)55(60)65)9-6-20-68-54-50(63)44-27-69-43(19-17-37(52)53(49)71-56(70-44)57(54,66)28-61)39-24-59-41-18-14-29(21-38(39)41)23-58-33-10-2-3-11-33/h4,7,13-14,17-19,21,24,31-34,43-44,50,54,56,58-59,61,63-64,66H,2-3,5,8-12,15-16,22-23,25-28H2,1H3. The average molecular weight is 962 g/mol. The summed E-state index contributed by atoms with van der Waals surface area (Å²) in [4.78, 5) is 34.6. The molecule has 9 unspecified atom stereocenters. The maximum Gasteiger partial charge on any atom is 0.254 e. The molecule has 1 saturated heterocycles. The van der Waals surface area contributed by atoms with Crippen LogP contribution in [0.3, 0.4) is 0 Å². The number of carbonyl (C=O) groups is 2. The van der Waals surface area contributed by atoms with E-state index in [1.165, 1.54) is 25.7 Å². The van der Waals surface area contributed by atoms with Crippen LogP contribution < -0.4 is 14.8 Å². The van der Waals surface area contributed by atoms with Gasteiger partial charge in [-0.3, -0.25) is 9.59 Å². The summed E-state index contributed by atoms with van der Waals surface area (Å²) in [6, 6.07) is 12.3. The number of hydrogen-bond acceptors (Lipinski definition) is 12. The van der Waals surface area contributed by atoms with Gasteiger partial charge in [0.1, 0.15) is 41.7 Å². The topological polar surface area (TPSA) is 192 Å². The number of phenolic OH excluding ortho intramolecular Hbond substituents is 1. The van der Waals surface area contributed by atoms with Crippen molar-refractivity contribution in [1.82, 2.24) is 15.2 Å². The van der Waals surface area contributed by atoms with Crippen LogP contribution in [0, 0.1) is 17.9 Å². The Balaban J connectivity index is 1.05. The number of aliphatic hydroxyl groups excluding tert-OH is 2. The summed E-state index contributed by atoms with van der Waals surface area (Å²) in [6.45, 7) is -0.559. The van der Waals surface area contributed by atoms with E-state index in [1.54, 1.807) is 24.1 Å². The normalized spacial score (nSPS) is 29.8. The highest BCUT2D eigenvalue weighted by Gasteiger charge is 2.59. The Hall–Kier alpha value is -5.92. The van der Waals surface area contributed by atoms with Crippen LogP contribution in [0.2, 0.25) is 0 Å². The predicted octanol–water partition coefficient (Wildman–Crippen LogP) is 7.10. The van der Waals surface area contributed by atoms with Gasteiger partial charge >= 0.3 is 0 Å². The van der Waals surface area contributed by atoms with Crippen molar-refractivity contribution in [3.8, 4) is 29.3 Å². The van der Waals surface area contributed by atoms with Crippen LogP contribution in [-0.4, -0.2) is 105 Å². The van der Waals surface area contributed by atoms with Crippen molar-refractivity contribution in [1.29, 1.82) is 0 Å². The van der Waals surface area contributed by atoms with Gasteiger partial charge in [-0.2, -0.15) is 0 Å².